The number of hydrogen-bond donors (Lipinski definition) is 1. The van der Waals surface area contributed by atoms with Crippen LogP contribution in [0.1, 0.15) is 65.5 Å². The Balaban J connectivity index is 1.41. The van der Waals surface area contributed by atoms with Crippen molar-refractivity contribution in [3.05, 3.63) is 94.6 Å². The number of allylic oxidation sites excluding steroid dienone is 2. The lowest BCUT2D eigenvalue weighted by atomic mass is 9.84. The van der Waals surface area contributed by atoms with E-state index in [-0.39, 0.29) is 30.0 Å². The normalized spacial score (nSPS) is 25.3. The van der Waals surface area contributed by atoms with Crippen LogP contribution in [0.2, 0.25) is 0 Å². The number of aromatic nitrogens is 3. The average Bonchev–Trinajstić information content (AvgIpc) is 3.56. The van der Waals surface area contributed by atoms with E-state index in [9.17, 15) is 18.3 Å². The van der Waals surface area contributed by atoms with Gasteiger partial charge in [0.15, 0.2) is 0 Å². The Morgan fingerprint density at radius 1 is 1.07 bits per heavy atom. The first-order valence-electron chi connectivity index (χ1n) is 14.4. The zero-order valence-corrected chi connectivity index (χ0v) is 24.1. The molecule has 4 aliphatic rings. The smallest absolute Gasteiger partial charge is 0.304 e. The summed E-state index contributed by atoms with van der Waals surface area (Å²) in [7, 11) is -3.86. The lowest BCUT2D eigenvalue weighted by Gasteiger charge is -2.29. The zero-order chi connectivity index (χ0) is 29.0. The van der Waals surface area contributed by atoms with Gasteiger partial charge in [-0.05, 0) is 78.6 Å². The lowest BCUT2D eigenvalue weighted by molar-refractivity contribution is -0.137. The lowest BCUT2D eigenvalue weighted by Crippen LogP contribution is -2.39. The first kappa shape index (κ1) is 26.9. The summed E-state index contributed by atoms with van der Waals surface area (Å²) in [6.07, 6.45) is 6.47. The van der Waals surface area contributed by atoms with E-state index in [0.29, 0.717) is 25.1 Å². The van der Waals surface area contributed by atoms with Crippen LogP contribution < -0.4 is 4.74 Å². The van der Waals surface area contributed by atoms with E-state index in [4.69, 9.17) is 4.74 Å². The third-order valence-electron chi connectivity index (χ3n) is 8.92. The van der Waals surface area contributed by atoms with Crippen LogP contribution in [0.3, 0.4) is 0 Å². The van der Waals surface area contributed by atoms with Crippen LogP contribution in [0.15, 0.2) is 71.6 Å². The maximum atomic E-state index is 14.2. The molecule has 0 radical (unpaired) electrons. The number of fused-ring (bicyclic) bond motifs is 5. The maximum Gasteiger partial charge on any atom is 0.304 e. The Morgan fingerprint density at radius 2 is 1.93 bits per heavy atom. The molecule has 1 aromatic heterocycles. The van der Waals surface area contributed by atoms with Crippen LogP contribution in [0.5, 0.6) is 5.75 Å². The Morgan fingerprint density at radius 3 is 2.79 bits per heavy atom. The summed E-state index contributed by atoms with van der Waals surface area (Å²) in [5.41, 5.74) is 6.32. The first-order valence-corrected chi connectivity index (χ1v) is 15.8. The first-order chi connectivity index (χ1) is 20.3. The number of sulfonamides is 1. The van der Waals surface area contributed by atoms with Gasteiger partial charge < -0.3 is 9.84 Å². The Labute approximate surface area is 244 Å². The number of rotatable bonds is 2. The monoisotopic (exact) mass is 584 g/mol. The molecular weight excluding hydrogens is 552 g/mol. The van der Waals surface area contributed by atoms with E-state index in [1.807, 2.05) is 48.0 Å². The third-order valence-corrected chi connectivity index (χ3v) is 10.8. The molecule has 8 rings (SSSR count). The molecule has 3 aromatic carbocycles. The maximum absolute atomic E-state index is 14.2. The van der Waals surface area contributed by atoms with Crippen molar-refractivity contribution in [2.75, 3.05) is 6.54 Å². The molecule has 0 spiro atoms. The Hall–Kier alpha value is -4.02. The minimum Gasteiger partial charge on any atom is -0.488 e. The van der Waals surface area contributed by atoms with Gasteiger partial charge >= 0.3 is 5.97 Å². The summed E-state index contributed by atoms with van der Waals surface area (Å²) in [5, 5.41) is 18.8. The number of hydrogen-bond acceptors (Lipinski definition) is 6. The van der Waals surface area contributed by atoms with Gasteiger partial charge in [0.25, 0.3) is 0 Å². The zero-order valence-electron chi connectivity index (χ0n) is 23.3. The number of carboxylic acid groups (broad SMARTS) is 1. The quantitative estimate of drug-likeness (QED) is 0.325. The van der Waals surface area contributed by atoms with Gasteiger partial charge in [-0.2, -0.15) is 4.31 Å². The second-order valence-corrected chi connectivity index (χ2v) is 13.3. The molecule has 0 saturated heterocycles. The number of para-hydroxylation sites is 1. The van der Waals surface area contributed by atoms with E-state index < -0.39 is 21.9 Å². The minimum atomic E-state index is -3.86. The van der Waals surface area contributed by atoms with Crippen molar-refractivity contribution >= 4 is 27.0 Å². The molecule has 4 aromatic rings. The number of benzene rings is 3. The van der Waals surface area contributed by atoms with Crippen LogP contribution in [-0.2, 0) is 27.8 Å². The molecule has 0 fully saturated rings. The fourth-order valence-corrected chi connectivity index (χ4v) is 8.60. The number of carbonyl (C=O) groups is 1. The Kier molecular flexibility index (Phi) is 6.62. The summed E-state index contributed by atoms with van der Waals surface area (Å²) in [4.78, 5) is 12.3. The molecule has 4 heterocycles. The third kappa shape index (κ3) is 4.49. The van der Waals surface area contributed by atoms with Gasteiger partial charge in [0.05, 0.1) is 31.1 Å². The fraction of sp³-hybridized carbons (Fsp3) is 0.344. The molecule has 3 aliphatic heterocycles. The van der Waals surface area contributed by atoms with E-state index >= 15 is 0 Å². The number of ether oxygens (including phenoxy) is 1. The SMILES string of the molecule is Cc1c2ccc3c1nnn3C/C=C/CCC1CN(C3CCc4ccc(cc43)C2CC(=O)O)S(=O)(=O)c2ccccc2O1. The number of aryl methyl sites for hydroxylation is 2. The van der Waals surface area contributed by atoms with Gasteiger partial charge in [-0.15, -0.1) is 5.10 Å². The van der Waals surface area contributed by atoms with E-state index in [0.717, 1.165) is 51.7 Å². The van der Waals surface area contributed by atoms with Gasteiger partial charge in [-0.1, -0.05) is 53.8 Å². The van der Waals surface area contributed by atoms with Crippen LogP contribution in [0.4, 0.5) is 0 Å². The topological polar surface area (TPSA) is 115 Å². The van der Waals surface area contributed by atoms with Crippen molar-refractivity contribution in [1.82, 2.24) is 19.3 Å². The van der Waals surface area contributed by atoms with Gasteiger partial charge in [0.2, 0.25) is 10.0 Å². The second kappa shape index (κ2) is 10.4. The standard InChI is InChI=1S/C32H32N4O5S/c1-20-24-13-15-28-32(20)33-34-35(28)16-6-2-3-7-23-19-36(42(39,40)30-9-5-4-8-29(30)41-23)27-14-12-21-10-11-22(17-26(21)27)25(24)18-31(37)38/h2,4-6,8-11,13,15,17,23,25,27H,3,7,12,14,16,18-19H2,1H3,(H,37,38)/b6-2+. The summed E-state index contributed by atoms with van der Waals surface area (Å²) < 4.78 is 38.2. The highest BCUT2D eigenvalue weighted by molar-refractivity contribution is 7.89. The molecule has 42 heavy (non-hydrogen) atoms. The van der Waals surface area contributed by atoms with Gasteiger partial charge in [-0.25, -0.2) is 13.1 Å². The van der Waals surface area contributed by atoms with Gasteiger partial charge in [0.1, 0.15) is 22.3 Å². The molecule has 4 unspecified atom stereocenters. The van der Waals surface area contributed by atoms with Gasteiger partial charge in [-0.3, -0.25) is 4.79 Å². The molecule has 1 N–H and O–H groups in total. The predicted molar refractivity (Wildman–Crippen MR) is 157 cm³/mol. The highest BCUT2D eigenvalue weighted by atomic mass is 32.2. The predicted octanol–water partition coefficient (Wildman–Crippen LogP) is 5.14. The second-order valence-electron chi connectivity index (χ2n) is 11.4. The molecule has 0 amide bonds. The van der Waals surface area contributed by atoms with Crippen molar-refractivity contribution in [1.29, 1.82) is 0 Å². The molecule has 216 valence electrons. The summed E-state index contributed by atoms with van der Waals surface area (Å²) in [5.74, 6) is -0.950. The molecular formula is C32H32N4O5S. The van der Waals surface area contributed by atoms with Crippen molar-refractivity contribution in [2.24, 2.45) is 0 Å². The van der Waals surface area contributed by atoms with Crippen molar-refractivity contribution < 1.29 is 23.1 Å². The average molecular weight is 585 g/mol. The highest BCUT2D eigenvalue weighted by Gasteiger charge is 2.41. The molecule has 10 heteroatoms. The molecule has 9 nitrogen and oxygen atoms in total. The van der Waals surface area contributed by atoms with Gasteiger partial charge in [0, 0.05) is 5.92 Å². The fourth-order valence-electron chi connectivity index (χ4n) is 6.81. The van der Waals surface area contributed by atoms with E-state index in [1.54, 1.807) is 28.6 Å². The highest BCUT2D eigenvalue weighted by Crippen LogP contribution is 2.44. The molecule has 1 aliphatic carbocycles. The van der Waals surface area contributed by atoms with Crippen molar-refractivity contribution in [2.45, 2.75) is 68.5 Å². The van der Waals surface area contributed by atoms with Crippen LogP contribution in [0, 0.1) is 6.92 Å². The van der Waals surface area contributed by atoms with Crippen LogP contribution in [-0.4, -0.2) is 51.4 Å². The summed E-state index contributed by atoms with van der Waals surface area (Å²) in [6, 6.07) is 16.5. The molecule has 0 saturated carbocycles. The van der Waals surface area contributed by atoms with Crippen molar-refractivity contribution in [3.8, 4) is 5.75 Å². The minimum absolute atomic E-state index is 0.0992. The Bertz CT molecular complexity index is 1850. The van der Waals surface area contributed by atoms with E-state index in [2.05, 4.69) is 16.4 Å². The summed E-state index contributed by atoms with van der Waals surface area (Å²) >= 11 is 0. The van der Waals surface area contributed by atoms with Crippen LogP contribution in [0.25, 0.3) is 11.0 Å². The van der Waals surface area contributed by atoms with E-state index in [1.165, 1.54) is 0 Å². The number of carboxylic acids is 1. The molecule has 8 bridgehead atoms. The number of aliphatic carboxylic acids is 1. The molecule has 4 atom stereocenters. The number of nitrogens with zero attached hydrogens (tertiary/aromatic N) is 4. The van der Waals surface area contributed by atoms with Crippen LogP contribution >= 0.6 is 0 Å². The largest absolute Gasteiger partial charge is 0.488 e. The summed E-state index contributed by atoms with van der Waals surface area (Å²) in [6.45, 7) is 2.74. The van der Waals surface area contributed by atoms with Crippen molar-refractivity contribution in [3.63, 3.8) is 0 Å².